The van der Waals surface area contributed by atoms with Gasteiger partial charge in [0, 0.05) is 12.2 Å². The van der Waals surface area contributed by atoms with Gasteiger partial charge in [-0.1, -0.05) is 12.8 Å². The third kappa shape index (κ3) is 2.92. The lowest BCUT2D eigenvalue weighted by Crippen LogP contribution is -2.38. The van der Waals surface area contributed by atoms with Crippen molar-refractivity contribution in [1.29, 1.82) is 0 Å². The zero-order valence-electron chi connectivity index (χ0n) is 11.5. The van der Waals surface area contributed by atoms with Crippen LogP contribution in [0.25, 0.3) is 0 Å². The van der Waals surface area contributed by atoms with Crippen LogP contribution in [0.15, 0.2) is 18.2 Å². The Bertz CT molecular complexity index is 422. The number of likely N-dealkylation sites (tertiary alicyclic amines) is 1. The highest BCUT2D eigenvalue weighted by Gasteiger charge is 2.36. The highest BCUT2D eigenvalue weighted by atomic mass is 19.1. The van der Waals surface area contributed by atoms with Crippen molar-refractivity contribution in [2.75, 3.05) is 18.8 Å². The molecule has 1 spiro atoms. The van der Waals surface area contributed by atoms with Gasteiger partial charge < -0.3 is 5.73 Å². The number of hydrogen-bond donors (Lipinski definition) is 1. The summed E-state index contributed by atoms with van der Waals surface area (Å²) in [5.74, 6) is -0.223. The van der Waals surface area contributed by atoms with Crippen molar-refractivity contribution in [1.82, 2.24) is 4.90 Å². The number of rotatable bonds is 2. The first-order valence-electron chi connectivity index (χ1n) is 7.43. The van der Waals surface area contributed by atoms with Crippen LogP contribution in [0.1, 0.15) is 44.1 Å². The molecular formula is C16H23FN2. The molecule has 19 heavy (non-hydrogen) atoms. The topological polar surface area (TPSA) is 29.3 Å². The first kappa shape index (κ1) is 12.9. The van der Waals surface area contributed by atoms with Crippen LogP contribution in [-0.4, -0.2) is 18.0 Å². The quantitative estimate of drug-likeness (QED) is 0.826. The summed E-state index contributed by atoms with van der Waals surface area (Å²) in [5.41, 5.74) is 7.88. The third-order valence-corrected chi connectivity index (χ3v) is 4.97. The number of anilines is 1. The maximum atomic E-state index is 13.3. The standard InChI is InChI=1S/C16H23FN2/c17-14-9-13(10-15(18)11-14)12-19-7-5-16(6-8-19)3-1-2-4-16/h9-11H,1-8,12,18H2. The molecule has 2 nitrogen and oxygen atoms in total. The Hall–Kier alpha value is -1.09. The van der Waals surface area contributed by atoms with Gasteiger partial charge in [-0.15, -0.1) is 0 Å². The van der Waals surface area contributed by atoms with Gasteiger partial charge in [-0.05, 0) is 68.0 Å². The first-order chi connectivity index (χ1) is 9.15. The molecule has 104 valence electrons. The molecule has 1 aromatic rings. The van der Waals surface area contributed by atoms with E-state index in [-0.39, 0.29) is 5.82 Å². The van der Waals surface area contributed by atoms with E-state index >= 15 is 0 Å². The van der Waals surface area contributed by atoms with Gasteiger partial charge in [0.1, 0.15) is 5.82 Å². The minimum atomic E-state index is -0.223. The maximum Gasteiger partial charge on any atom is 0.125 e. The number of piperidine rings is 1. The zero-order chi connectivity index (χ0) is 13.3. The van der Waals surface area contributed by atoms with Crippen molar-refractivity contribution < 1.29 is 4.39 Å². The molecule has 3 heteroatoms. The smallest absolute Gasteiger partial charge is 0.125 e. The molecule has 0 bridgehead atoms. The van der Waals surface area contributed by atoms with Crippen molar-refractivity contribution in [3.05, 3.63) is 29.6 Å². The summed E-state index contributed by atoms with van der Waals surface area (Å²) < 4.78 is 13.3. The summed E-state index contributed by atoms with van der Waals surface area (Å²) in [6.07, 6.45) is 8.32. The fourth-order valence-corrected chi connectivity index (χ4v) is 3.84. The molecule has 1 saturated carbocycles. The average Bonchev–Trinajstić information content (AvgIpc) is 2.80. The van der Waals surface area contributed by atoms with Crippen LogP contribution in [0.4, 0.5) is 10.1 Å². The molecule has 1 aliphatic heterocycles. The highest BCUT2D eigenvalue weighted by molar-refractivity contribution is 5.41. The minimum Gasteiger partial charge on any atom is -0.399 e. The maximum absolute atomic E-state index is 13.3. The molecule has 0 atom stereocenters. The first-order valence-corrected chi connectivity index (χ1v) is 7.43. The van der Waals surface area contributed by atoms with Crippen LogP contribution in [0.2, 0.25) is 0 Å². The molecule has 1 aliphatic carbocycles. The molecule has 3 rings (SSSR count). The third-order valence-electron chi connectivity index (χ3n) is 4.97. The summed E-state index contributed by atoms with van der Waals surface area (Å²) in [7, 11) is 0. The van der Waals surface area contributed by atoms with E-state index in [1.807, 2.05) is 6.07 Å². The van der Waals surface area contributed by atoms with Crippen molar-refractivity contribution in [3.8, 4) is 0 Å². The largest absolute Gasteiger partial charge is 0.399 e. The van der Waals surface area contributed by atoms with Crippen LogP contribution < -0.4 is 5.73 Å². The molecule has 0 aromatic heterocycles. The van der Waals surface area contributed by atoms with E-state index in [9.17, 15) is 4.39 Å². The van der Waals surface area contributed by atoms with Gasteiger partial charge in [-0.2, -0.15) is 0 Å². The molecule has 0 amide bonds. The van der Waals surface area contributed by atoms with Crippen LogP contribution in [-0.2, 0) is 6.54 Å². The van der Waals surface area contributed by atoms with Gasteiger partial charge in [0.05, 0.1) is 0 Å². The number of nitrogen functional groups attached to an aromatic ring is 1. The van der Waals surface area contributed by atoms with Gasteiger partial charge in [0.15, 0.2) is 0 Å². The van der Waals surface area contributed by atoms with Crippen molar-refractivity contribution in [3.63, 3.8) is 0 Å². The summed E-state index contributed by atoms with van der Waals surface area (Å²) in [4.78, 5) is 2.44. The van der Waals surface area contributed by atoms with Crippen LogP contribution in [0.5, 0.6) is 0 Å². The number of benzene rings is 1. The Morgan fingerprint density at radius 3 is 2.37 bits per heavy atom. The van der Waals surface area contributed by atoms with Crippen LogP contribution in [0.3, 0.4) is 0 Å². The molecule has 2 N–H and O–H groups in total. The Labute approximate surface area is 114 Å². The summed E-state index contributed by atoms with van der Waals surface area (Å²) in [5, 5.41) is 0. The Balaban J connectivity index is 1.59. The van der Waals surface area contributed by atoms with Gasteiger partial charge in [0.2, 0.25) is 0 Å². The number of hydrogen-bond acceptors (Lipinski definition) is 2. The summed E-state index contributed by atoms with van der Waals surface area (Å²) in [6, 6.07) is 4.88. The average molecular weight is 262 g/mol. The molecule has 1 heterocycles. The molecule has 2 fully saturated rings. The van der Waals surface area contributed by atoms with Crippen LogP contribution >= 0.6 is 0 Å². The van der Waals surface area contributed by atoms with E-state index in [1.165, 1.54) is 44.6 Å². The Morgan fingerprint density at radius 1 is 1.05 bits per heavy atom. The Kier molecular flexibility index (Phi) is 3.48. The minimum absolute atomic E-state index is 0.223. The SMILES string of the molecule is Nc1cc(F)cc(CN2CCC3(CCCC3)CC2)c1. The van der Waals surface area contributed by atoms with Gasteiger partial charge >= 0.3 is 0 Å². The molecular weight excluding hydrogens is 239 g/mol. The predicted octanol–water partition coefficient (Wildman–Crippen LogP) is 3.56. The van der Waals surface area contributed by atoms with Crippen LogP contribution in [0, 0.1) is 11.2 Å². The van der Waals surface area contributed by atoms with Gasteiger partial charge in [0.25, 0.3) is 0 Å². The zero-order valence-corrected chi connectivity index (χ0v) is 11.5. The van der Waals surface area contributed by atoms with Crippen molar-refractivity contribution in [2.45, 2.75) is 45.1 Å². The van der Waals surface area contributed by atoms with Gasteiger partial charge in [-0.25, -0.2) is 4.39 Å². The molecule has 0 unspecified atom stereocenters. The normalized spacial score (nSPS) is 23.0. The van der Waals surface area contributed by atoms with E-state index in [0.29, 0.717) is 11.1 Å². The number of halogens is 1. The Morgan fingerprint density at radius 2 is 1.74 bits per heavy atom. The molecule has 1 aromatic carbocycles. The summed E-state index contributed by atoms with van der Waals surface area (Å²) >= 11 is 0. The van der Waals surface area contributed by atoms with E-state index in [0.717, 1.165) is 25.2 Å². The predicted molar refractivity (Wildman–Crippen MR) is 76.2 cm³/mol. The van der Waals surface area contributed by atoms with E-state index < -0.39 is 0 Å². The fraction of sp³-hybridized carbons (Fsp3) is 0.625. The highest BCUT2D eigenvalue weighted by Crippen LogP contribution is 2.46. The second-order valence-corrected chi connectivity index (χ2v) is 6.38. The fourth-order valence-electron chi connectivity index (χ4n) is 3.84. The monoisotopic (exact) mass is 262 g/mol. The second-order valence-electron chi connectivity index (χ2n) is 6.38. The van der Waals surface area contributed by atoms with E-state index in [1.54, 1.807) is 6.07 Å². The van der Waals surface area contributed by atoms with Crippen molar-refractivity contribution >= 4 is 5.69 Å². The van der Waals surface area contributed by atoms with Gasteiger partial charge in [-0.3, -0.25) is 4.90 Å². The lowest BCUT2D eigenvalue weighted by molar-refractivity contribution is 0.103. The lowest BCUT2D eigenvalue weighted by Gasteiger charge is -2.39. The molecule has 2 aliphatic rings. The van der Waals surface area contributed by atoms with Crippen molar-refractivity contribution in [2.24, 2.45) is 5.41 Å². The molecule has 1 saturated heterocycles. The lowest BCUT2D eigenvalue weighted by atomic mass is 9.77. The van der Waals surface area contributed by atoms with E-state index in [2.05, 4.69) is 4.90 Å². The number of nitrogens with two attached hydrogens (primary N) is 1. The molecule has 0 radical (unpaired) electrons. The second kappa shape index (κ2) is 5.12. The van der Waals surface area contributed by atoms with E-state index in [4.69, 9.17) is 5.73 Å². The number of nitrogens with zero attached hydrogens (tertiary/aromatic N) is 1. The summed E-state index contributed by atoms with van der Waals surface area (Å²) in [6.45, 7) is 3.13.